The lowest BCUT2D eigenvalue weighted by atomic mass is 10.0. The van der Waals surface area contributed by atoms with E-state index in [-0.39, 0.29) is 19.3 Å². The number of aliphatic hydroxyl groups excluding tert-OH is 1. The number of hydrogen-bond acceptors (Lipinski definition) is 7. The molecule has 0 aliphatic carbocycles. The lowest BCUT2D eigenvalue weighted by Gasteiger charge is -2.26. The second-order valence-electron chi connectivity index (χ2n) is 10.3. The number of aliphatic hydroxyl groups is 1. The summed E-state index contributed by atoms with van der Waals surface area (Å²) in [5.41, 5.74) is 13.7. The summed E-state index contributed by atoms with van der Waals surface area (Å²) < 4.78 is 0. The van der Waals surface area contributed by atoms with Gasteiger partial charge in [0.05, 0.1) is 6.10 Å². The number of fused-ring (bicyclic) bond motifs is 1. The molecule has 226 valence electrons. The van der Waals surface area contributed by atoms with Crippen LogP contribution in [0.5, 0.6) is 0 Å². The fourth-order valence-electron chi connectivity index (χ4n) is 4.57. The largest absolute Gasteiger partial charge is 0.480 e. The highest BCUT2D eigenvalue weighted by Gasteiger charge is 2.31. The molecule has 1 heterocycles. The van der Waals surface area contributed by atoms with Gasteiger partial charge < -0.3 is 42.6 Å². The Balaban J connectivity index is 1.78. The highest BCUT2D eigenvalue weighted by atomic mass is 16.4. The minimum Gasteiger partial charge on any atom is -0.480 e. The zero-order valence-corrected chi connectivity index (χ0v) is 23.6. The summed E-state index contributed by atoms with van der Waals surface area (Å²) in [7, 11) is 0. The molecule has 0 aliphatic heterocycles. The van der Waals surface area contributed by atoms with Gasteiger partial charge in [-0.2, -0.15) is 0 Å². The van der Waals surface area contributed by atoms with E-state index in [1.807, 2.05) is 30.3 Å². The summed E-state index contributed by atoms with van der Waals surface area (Å²) in [6.07, 6.45) is 1.97. The van der Waals surface area contributed by atoms with Gasteiger partial charge in [-0.15, -0.1) is 0 Å². The van der Waals surface area contributed by atoms with Crippen molar-refractivity contribution in [2.24, 2.45) is 11.5 Å². The third-order valence-electron chi connectivity index (χ3n) is 7.03. The number of benzene rings is 2. The topological polar surface area (TPSA) is 213 Å². The molecule has 0 saturated heterocycles. The molecule has 2 aromatic carbocycles. The summed E-state index contributed by atoms with van der Waals surface area (Å²) in [6.45, 7) is 1.74. The molecule has 3 aromatic rings. The number of carboxylic acids is 1. The van der Waals surface area contributed by atoms with Crippen LogP contribution in [0.25, 0.3) is 10.9 Å². The number of aliphatic carboxylic acids is 1. The fourth-order valence-corrected chi connectivity index (χ4v) is 4.57. The molecular weight excluding hydrogens is 540 g/mol. The number of rotatable bonds is 16. The Kier molecular flexibility index (Phi) is 12.0. The van der Waals surface area contributed by atoms with Crippen LogP contribution in [0.4, 0.5) is 0 Å². The van der Waals surface area contributed by atoms with Crippen molar-refractivity contribution >= 4 is 34.6 Å². The maximum atomic E-state index is 13.5. The molecule has 0 spiro atoms. The van der Waals surface area contributed by atoms with Gasteiger partial charge in [0.2, 0.25) is 17.7 Å². The van der Waals surface area contributed by atoms with Crippen molar-refractivity contribution in [1.29, 1.82) is 0 Å². The SMILES string of the molecule is CC(O)C(N)C(=O)NC(Cc1ccccc1)C(=O)NC(CCCCN)C(=O)NC(Cc1c[nH]c2ccccc12)C(=O)O. The van der Waals surface area contributed by atoms with Gasteiger partial charge in [-0.3, -0.25) is 14.4 Å². The summed E-state index contributed by atoms with van der Waals surface area (Å²) >= 11 is 0. The monoisotopic (exact) mass is 580 g/mol. The van der Waals surface area contributed by atoms with Crippen LogP contribution in [-0.4, -0.2) is 75.7 Å². The van der Waals surface area contributed by atoms with Crippen LogP contribution in [0.15, 0.2) is 60.8 Å². The molecule has 0 bridgehead atoms. The van der Waals surface area contributed by atoms with Crippen LogP contribution in [-0.2, 0) is 32.0 Å². The fraction of sp³-hybridized carbons (Fsp3) is 0.400. The van der Waals surface area contributed by atoms with E-state index < -0.39 is 54.0 Å². The van der Waals surface area contributed by atoms with Crippen molar-refractivity contribution in [1.82, 2.24) is 20.9 Å². The lowest BCUT2D eigenvalue weighted by Crippen LogP contribution is -2.58. The van der Waals surface area contributed by atoms with Gasteiger partial charge in [0.1, 0.15) is 24.2 Å². The molecule has 5 unspecified atom stereocenters. The summed E-state index contributed by atoms with van der Waals surface area (Å²) in [4.78, 5) is 54.8. The smallest absolute Gasteiger partial charge is 0.326 e. The first-order chi connectivity index (χ1) is 20.1. The first kappa shape index (κ1) is 32.3. The number of carbonyl (C=O) groups excluding carboxylic acids is 3. The van der Waals surface area contributed by atoms with Crippen molar-refractivity contribution in [3.8, 4) is 0 Å². The second kappa shape index (κ2) is 15.7. The normalized spacial score (nSPS) is 14.8. The zero-order valence-electron chi connectivity index (χ0n) is 23.6. The van der Waals surface area contributed by atoms with E-state index in [1.54, 1.807) is 30.5 Å². The van der Waals surface area contributed by atoms with Crippen LogP contribution in [0.2, 0.25) is 0 Å². The molecule has 10 N–H and O–H groups in total. The van der Waals surface area contributed by atoms with Gasteiger partial charge in [-0.1, -0.05) is 48.5 Å². The number of amides is 3. The van der Waals surface area contributed by atoms with E-state index in [2.05, 4.69) is 20.9 Å². The van der Waals surface area contributed by atoms with Crippen molar-refractivity contribution < 1.29 is 29.4 Å². The Morgan fingerprint density at radius 2 is 1.45 bits per heavy atom. The van der Waals surface area contributed by atoms with Gasteiger partial charge >= 0.3 is 5.97 Å². The van der Waals surface area contributed by atoms with Crippen LogP contribution >= 0.6 is 0 Å². The third-order valence-corrected chi connectivity index (χ3v) is 7.03. The van der Waals surface area contributed by atoms with Crippen molar-refractivity contribution in [2.75, 3.05) is 6.54 Å². The number of nitrogens with two attached hydrogens (primary N) is 2. The molecule has 42 heavy (non-hydrogen) atoms. The summed E-state index contributed by atoms with van der Waals surface area (Å²) in [5, 5.41) is 28.4. The maximum absolute atomic E-state index is 13.5. The summed E-state index contributed by atoms with van der Waals surface area (Å²) in [6, 6.07) is 11.7. The molecule has 0 aliphatic rings. The standard InChI is InChI=1S/C30H40N6O6/c1-18(37)26(32)29(40)35-24(15-19-9-3-2-4-10-19)28(39)34-23(13-7-8-14-31)27(38)36-25(30(41)42)16-20-17-33-22-12-6-5-11-21(20)22/h2-6,9-12,17-18,23-26,33,37H,7-8,13-16,31-32H2,1H3,(H,34,39)(H,35,40)(H,36,38)(H,41,42). The minimum absolute atomic E-state index is 0.0263. The quantitative estimate of drug-likeness (QED) is 0.110. The number of para-hydroxylation sites is 1. The molecule has 3 amide bonds. The van der Waals surface area contributed by atoms with Gasteiger partial charge in [-0.05, 0) is 49.9 Å². The average molecular weight is 581 g/mol. The Hall–Kier alpha value is -4.26. The Bertz CT molecular complexity index is 1340. The minimum atomic E-state index is -1.26. The Labute approximate surface area is 244 Å². The van der Waals surface area contributed by atoms with E-state index in [9.17, 15) is 29.4 Å². The number of carbonyl (C=O) groups is 4. The Morgan fingerprint density at radius 3 is 2.12 bits per heavy atom. The van der Waals surface area contributed by atoms with Crippen LogP contribution in [0.3, 0.4) is 0 Å². The molecule has 1 aromatic heterocycles. The maximum Gasteiger partial charge on any atom is 0.326 e. The third kappa shape index (κ3) is 9.13. The van der Waals surface area contributed by atoms with Crippen LogP contribution < -0.4 is 27.4 Å². The van der Waals surface area contributed by atoms with Gasteiger partial charge in [-0.25, -0.2) is 4.79 Å². The number of H-pyrrole nitrogens is 1. The van der Waals surface area contributed by atoms with Crippen molar-refractivity contribution in [3.05, 3.63) is 71.9 Å². The lowest BCUT2D eigenvalue weighted by molar-refractivity contribution is -0.142. The molecule has 5 atom stereocenters. The zero-order chi connectivity index (χ0) is 30.6. The predicted octanol–water partition coefficient (Wildman–Crippen LogP) is 0.329. The van der Waals surface area contributed by atoms with Crippen LogP contribution in [0.1, 0.15) is 37.3 Å². The highest BCUT2D eigenvalue weighted by Crippen LogP contribution is 2.19. The van der Waals surface area contributed by atoms with Gasteiger partial charge in [0, 0.05) is 29.9 Å². The molecule has 3 rings (SSSR count). The van der Waals surface area contributed by atoms with E-state index >= 15 is 0 Å². The number of unbranched alkanes of at least 4 members (excludes halogenated alkanes) is 1. The molecule has 0 radical (unpaired) electrons. The molecular formula is C30H40N6O6. The van der Waals surface area contributed by atoms with Crippen molar-refractivity contribution in [3.63, 3.8) is 0 Å². The van der Waals surface area contributed by atoms with E-state index in [0.29, 0.717) is 19.4 Å². The first-order valence-electron chi connectivity index (χ1n) is 14.0. The Morgan fingerprint density at radius 1 is 0.833 bits per heavy atom. The number of carboxylic acid groups (broad SMARTS) is 1. The van der Waals surface area contributed by atoms with E-state index in [1.165, 1.54) is 6.92 Å². The first-order valence-corrected chi connectivity index (χ1v) is 14.0. The average Bonchev–Trinajstić information content (AvgIpc) is 3.38. The molecule has 12 heteroatoms. The summed E-state index contributed by atoms with van der Waals surface area (Å²) in [5.74, 6) is -3.27. The molecule has 12 nitrogen and oxygen atoms in total. The number of aromatic amines is 1. The number of aromatic nitrogens is 1. The van der Waals surface area contributed by atoms with Crippen molar-refractivity contribution in [2.45, 2.75) is 69.3 Å². The van der Waals surface area contributed by atoms with Gasteiger partial charge in [0.25, 0.3) is 0 Å². The van der Waals surface area contributed by atoms with E-state index in [4.69, 9.17) is 11.5 Å². The number of nitrogens with one attached hydrogen (secondary N) is 4. The molecule has 0 fully saturated rings. The van der Waals surface area contributed by atoms with E-state index in [0.717, 1.165) is 22.0 Å². The van der Waals surface area contributed by atoms with Crippen LogP contribution in [0, 0.1) is 0 Å². The van der Waals surface area contributed by atoms with Gasteiger partial charge in [0.15, 0.2) is 0 Å². The number of hydrogen-bond donors (Lipinski definition) is 8. The molecule has 0 saturated carbocycles. The highest BCUT2D eigenvalue weighted by molar-refractivity contribution is 5.94. The predicted molar refractivity (Wildman–Crippen MR) is 158 cm³/mol. The second-order valence-corrected chi connectivity index (χ2v) is 10.3.